The van der Waals surface area contributed by atoms with E-state index in [1.165, 1.54) is 6.20 Å². The number of rotatable bonds is 2. The Balaban J connectivity index is 2.32. The number of hydrogen-bond acceptors (Lipinski definition) is 3. The molecular formula is C16H15N3O. The summed E-state index contributed by atoms with van der Waals surface area (Å²) >= 11 is 0. The second-order valence-electron chi connectivity index (χ2n) is 4.70. The lowest BCUT2D eigenvalue weighted by Gasteiger charge is -2.20. The largest absolute Gasteiger partial charge is 0.311 e. The van der Waals surface area contributed by atoms with Crippen molar-refractivity contribution in [2.75, 3.05) is 11.9 Å². The fourth-order valence-electron chi connectivity index (χ4n) is 1.97. The summed E-state index contributed by atoms with van der Waals surface area (Å²) in [4.78, 5) is 17.9. The van der Waals surface area contributed by atoms with Gasteiger partial charge in [0, 0.05) is 18.9 Å². The molecule has 1 aromatic heterocycles. The molecule has 2 aromatic rings. The van der Waals surface area contributed by atoms with E-state index in [2.05, 4.69) is 4.98 Å². The van der Waals surface area contributed by atoms with E-state index in [0.29, 0.717) is 11.3 Å². The topological polar surface area (TPSA) is 57.0 Å². The number of pyridine rings is 1. The molecule has 0 aliphatic rings. The van der Waals surface area contributed by atoms with Crippen LogP contribution in [0.25, 0.3) is 0 Å². The lowest BCUT2D eigenvalue weighted by molar-refractivity contribution is 0.0992. The van der Waals surface area contributed by atoms with Crippen LogP contribution in [0, 0.1) is 25.2 Å². The Hall–Kier alpha value is -2.67. The number of carbonyl (C=O) groups is 1. The summed E-state index contributed by atoms with van der Waals surface area (Å²) in [5.74, 6) is -0.143. The summed E-state index contributed by atoms with van der Waals surface area (Å²) in [5.41, 5.74) is 3.78. The van der Waals surface area contributed by atoms with Gasteiger partial charge in [0.1, 0.15) is 11.8 Å². The Morgan fingerprint density at radius 2 is 2.00 bits per heavy atom. The number of carbonyl (C=O) groups excluding carboxylic acids is 1. The Morgan fingerprint density at radius 3 is 2.60 bits per heavy atom. The van der Waals surface area contributed by atoms with Crippen LogP contribution in [0.15, 0.2) is 36.5 Å². The van der Waals surface area contributed by atoms with Gasteiger partial charge in [0.15, 0.2) is 0 Å². The first-order chi connectivity index (χ1) is 9.52. The number of nitriles is 1. The van der Waals surface area contributed by atoms with Crippen LogP contribution in [0.1, 0.15) is 27.2 Å². The number of benzene rings is 1. The van der Waals surface area contributed by atoms with Gasteiger partial charge in [-0.2, -0.15) is 5.26 Å². The molecule has 4 nitrogen and oxygen atoms in total. The monoisotopic (exact) mass is 265 g/mol. The highest BCUT2D eigenvalue weighted by Gasteiger charge is 2.15. The third kappa shape index (κ3) is 2.67. The van der Waals surface area contributed by atoms with Crippen molar-refractivity contribution < 1.29 is 4.79 Å². The van der Waals surface area contributed by atoms with E-state index < -0.39 is 0 Å². The molecule has 20 heavy (non-hydrogen) atoms. The quantitative estimate of drug-likeness (QED) is 0.839. The van der Waals surface area contributed by atoms with Crippen LogP contribution >= 0.6 is 0 Å². The van der Waals surface area contributed by atoms with Gasteiger partial charge in [-0.05, 0) is 43.2 Å². The van der Waals surface area contributed by atoms with Gasteiger partial charge in [-0.3, -0.25) is 4.79 Å². The van der Waals surface area contributed by atoms with Crippen molar-refractivity contribution in [2.24, 2.45) is 0 Å². The highest BCUT2D eigenvalue weighted by molar-refractivity contribution is 6.06. The maximum atomic E-state index is 12.4. The fraction of sp³-hybridized carbons (Fsp3) is 0.188. The number of anilines is 1. The van der Waals surface area contributed by atoms with Crippen molar-refractivity contribution in [3.63, 3.8) is 0 Å². The summed E-state index contributed by atoms with van der Waals surface area (Å²) in [6.07, 6.45) is 1.43. The molecule has 0 aliphatic carbocycles. The van der Waals surface area contributed by atoms with Crippen LogP contribution in [0.2, 0.25) is 0 Å². The first kappa shape index (κ1) is 13.8. The van der Waals surface area contributed by atoms with Crippen molar-refractivity contribution in [1.82, 2.24) is 4.98 Å². The van der Waals surface area contributed by atoms with E-state index in [0.717, 1.165) is 16.8 Å². The van der Waals surface area contributed by atoms with E-state index in [9.17, 15) is 4.79 Å². The van der Waals surface area contributed by atoms with Crippen molar-refractivity contribution in [1.29, 1.82) is 5.26 Å². The molecule has 4 heteroatoms. The van der Waals surface area contributed by atoms with Crippen LogP contribution in [-0.4, -0.2) is 17.9 Å². The third-order valence-corrected chi connectivity index (χ3v) is 3.16. The zero-order valence-electron chi connectivity index (χ0n) is 11.7. The maximum absolute atomic E-state index is 12.4. The van der Waals surface area contributed by atoms with Crippen LogP contribution in [0.4, 0.5) is 5.69 Å². The predicted molar refractivity (Wildman–Crippen MR) is 77.6 cm³/mol. The zero-order chi connectivity index (χ0) is 14.7. The molecule has 0 saturated carbocycles. The summed E-state index contributed by atoms with van der Waals surface area (Å²) in [6, 6.07) is 11.1. The van der Waals surface area contributed by atoms with Gasteiger partial charge in [-0.1, -0.05) is 12.1 Å². The van der Waals surface area contributed by atoms with Gasteiger partial charge >= 0.3 is 0 Å². The van der Waals surface area contributed by atoms with Crippen LogP contribution in [0.5, 0.6) is 0 Å². The fourth-order valence-corrected chi connectivity index (χ4v) is 1.97. The summed E-state index contributed by atoms with van der Waals surface area (Å²) in [5, 5.41) is 8.71. The Bertz CT molecular complexity index is 684. The molecular weight excluding hydrogens is 250 g/mol. The number of aromatic nitrogens is 1. The highest BCUT2D eigenvalue weighted by atomic mass is 16.2. The SMILES string of the molecule is Cc1ccc(C)c(N(C)C(=O)c2ccc(C#N)nc2)c1. The van der Waals surface area contributed by atoms with Crippen molar-refractivity contribution in [2.45, 2.75) is 13.8 Å². The smallest absolute Gasteiger partial charge is 0.259 e. The van der Waals surface area contributed by atoms with Crippen molar-refractivity contribution >= 4 is 11.6 Å². The molecule has 0 bridgehead atoms. The predicted octanol–water partition coefficient (Wildman–Crippen LogP) is 2.85. The normalized spacial score (nSPS) is 9.90. The molecule has 0 atom stereocenters. The molecule has 100 valence electrons. The molecule has 1 heterocycles. The Labute approximate surface area is 118 Å². The van der Waals surface area contributed by atoms with E-state index in [-0.39, 0.29) is 5.91 Å². The Kier molecular flexibility index (Phi) is 3.81. The van der Waals surface area contributed by atoms with Gasteiger partial charge in [-0.15, -0.1) is 0 Å². The molecule has 0 spiro atoms. The molecule has 0 saturated heterocycles. The molecule has 1 aromatic carbocycles. The van der Waals surface area contributed by atoms with Crippen LogP contribution in [-0.2, 0) is 0 Å². The standard InChI is InChI=1S/C16H15N3O/c1-11-4-5-12(2)15(8-11)19(3)16(20)13-6-7-14(9-17)18-10-13/h4-8,10H,1-3H3. The third-order valence-electron chi connectivity index (χ3n) is 3.16. The summed E-state index contributed by atoms with van der Waals surface area (Å²) in [7, 11) is 1.74. The van der Waals surface area contributed by atoms with Crippen LogP contribution < -0.4 is 4.90 Å². The summed E-state index contributed by atoms with van der Waals surface area (Å²) in [6.45, 7) is 3.96. The average Bonchev–Trinajstić information content (AvgIpc) is 2.48. The zero-order valence-corrected chi connectivity index (χ0v) is 11.7. The lowest BCUT2D eigenvalue weighted by atomic mass is 10.1. The van der Waals surface area contributed by atoms with Gasteiger partial charge in [-0.25, -0.2) is 4.98 Å². The molecule has 0 fully saturated rings. The molecule has 1 amide bonds. The molecule has 2 rings (SSSR count). The van der Waals surface area contributed by atoms with Crippen molar-refractivity contribution in [3.05, 3.63) is 58.9 Å². The second kappa shape index (κ2) is 5.54. The van der Waals surface area contributed by atoms with Gasteiger partial charge in [0.25, 0.3) is 5.91 Å². The number of amides is 1. The minimum absolute atomic E-state index is 0.143. The first-order valence-electron chi connectivity index (χ1n) is 6.24. The van der Waals surface area contributed by atoms with Gasteiger partial charge in [0.05, 0.1) is 5.56 Å². The minimum atomic E-state index is -0.143. The van der Waals surface area contributed by atoms with Gasteiger partial charge < -0.3 is 4.90 Å². The number of nitrogens with zero attached hydrogens (tertiary/aromatic N) is 3. The highest BCUT2D eigenvalue weighted by Crippen LogP contribution is 2.21. The van der Waals surface area contributed by atoms with Crippen LogP contribution in [0.3, 0.4) is 0 Å². The van der Waals surface area contributed by atoms with E-state index in [4.69, 9.17) is 5.26 Å². The van der Waals surface area contributed by atoms with E-state index in [1.807, 2.05) is 38.1 Å². The van der Waals surface area contributed by atoms with E-state index in [1.54, 1.807) is 24.1 Å². The lowest BCUT2D eigenvalue weighted by Crippen LogP contribution is -2.27. The van der Waals surface area contributed by atoms with Crippen molar-refractivity contribution in [3.8, 4) is 6.07 Å². The van der Waals surface area contributed by atoms with E-state index >= 15 is 0 Å². The average molecular weight is 265 g/mol. The number of aryl methyl sites for hydroxylation is 2. The molecule has 0 unspecified atom stereocenters. The maximum Gasteiger partial charge on any atom is 0.259 e. The minimum Gasteiger partial charge on any atom is -0.311 e. The molecule has 0 radical (unpaired) electrons. The second-order valence-corrected chi connectivity index (χ2v) is 4.70. The molecule has 0 aliphatic heterocycles. The Morgan fingerprint density at radius 1 is 1.25 bits per heavy atom. The summed E-state index contributed by atoms with van der Waals surface area (Å²) < 4.78 is 0. The van der Waals surface area contributed by atoms with Gasteiger partial charge in [0.2, 0.25) is 0 Å². The first-order valence-corrected chi connectivity index (χ1v) is 6.24. The molecule has 0 N–H and O–H groups in total. The number of hydrogen-bond donors (Lipinski definition) is 0.